The van der Waals surface area contributed by atoms with Crippen molar-refractivity contribution in [2.75, 3.05) is 0 Å². The maximum Gasteiger partial charge on any atom is 0.408 e. The molecule has 0 aliphatic heterocycles. The van der Waals surface area contributed by atoms with Gasteiger partial charge in [0.05, 0.1) is 24.4 Å². The van der Waals surface area contributed by atoms with E-state index in [4.69, 9.17) is 9.84 Å². The van der Waals surface area contributed by atoms with Crippen molar-refractivity contribution in [2.45, 2.75) is 38.8 Å². The fourth-order valence-electron chi connectivity index (χ4n) is 1.45. The van der Waals surface area contributed by atoms with E-state index in [1.165, 1.54) is 6.07 Å². The number of halogens is 1. The molecule has 0 aliphatic carbocycles. The second kappa shape index (κ2) is 6.31. The van der Waals surface area contributed by atoms with Gasteiger partial charge in [0.15, 0.2) is 0 Å². The first kappa shape index (κ1) is 15.9. The third-order valence-corrected chi connectivity index (χ3v) is 2.18. The molecule has 0 bridgehead atoms. The molecule has 7 heteroatoms. The molecular weight excluding hydrogens is 267 g/mol. The Bertz CT molecular complexity index is 482. The van der Waals surface area contributed by atoms with E-state index in [1.807, 2.05) is 0 Å². The molecule has 0 aliphatic rings. The quantitative estimate of drug-likeness (QED) is 0.885. The summed E-state index contributed by atoms with van der Waals surface area (Å²) in [5.74, 6) is -1.66. The van der Waals surface area contributed by atoms with Crippen molar-refractivity contribution in [3.63, 3.8) is 0 Å². The number of alkyl carbamates (subject to hydrolysis) is 1. The maximum atomic E-state index is 12.8. The van der Waals surface area contributed by atoms with Crippen LogP contribution in [-0.2, 0) is 9.53 Å². The van der Waals surface area contributed by atoms with Gasteiger partial charge in [0.25, 0.3) is 0 Å². The number of rotatable bonds is 4. The molecule has 20 heavy (non-hydrogen) atoms. The van der Waals surface area contributed by atoms with Crippen LogP contribution >= 0.6 is 0 Å². The number of aliphatic carboxylic acids is 1. The van der Waals surface area contributed by atoms with Crippen LogP contribution in [0.15, 0.2) is 18.3 Å². The fourth-order valence-corrected chi connectivity index (χ4v) is 1.45. The van der Waals surface area contributed by atoms with E-state index in [2.05, 4.69) is 10.3 Å². The second-order valence-corrected chi connectivity index (χ2v) is 5.20. The summed E-state index contributed by atoms with van der Waals surface area (Å²) >= 11 is 0. The van der Waals surface area contributed by atoms with Crippen molar-refractivity contribution in [3.05, 3.63) is 29.8 Å². The molecule has 6 nitrogen and oxygen atoms in total. The average molecular weight is 284 g/mol. The molecule has 0 fully saturated rings. The first-order valence-electron chi connectivity index (χ1n) is 6.00. The van der Waals surface area contributed by atoms with Crippen LogP contribution in [0.25, 0.3) is 0 Å². The normalized spacial score (nSPS) is 12.6. The molecule has 0 radical (unpaired) electrons. The van der Waals surface area contributed by atoms with Gasteiger partial charge in [-0.25, -0.2) is 9.18 Å². The molecule has 2 N–H and O–H groups in total. The van der Waals surface area contributed by atoms with E-state index in [1.54, 1.807) is 20.8 Å². The van der Waals surface area contributed by atoms with Crippen molar-refractivity contribution >= 4 is 12.1 Å². The topological polar surface area (TPSA) is 88.5 Å². The first-order valence-corrected chi connectivity index (χ1v) is 6.00. The van der Waals surface area contributed by atoms with Gasteiger partial charge in [0.1, 0.15) is 11.4 Å². The number of carbonyl (C=O) groups excluding carboxylic acids is 1. The summed E-state index contributed by atoms with van der Waals surface area (Å²) in [5, 5.41) is 11.3. The minimum atomic E-state index is -1.11. The fraction of sp³-hybridized carbons (Fsp3) is 0.462. The summed E-state index contributed by atoms with van der Waals surface area (Å²) in [6, 6.07) is 1.58. The number of carboxylic acid groups (broad SMARTS) is 1. The van der Waals surface area contributed by atoms with Crippen LogP contribution in [0, 0.1) is 5.82 Å². The van der Waals surface area contributed by atoms with Gasteiger partial charge in [0.2, 0.25) is 0 Å². The van der Waals surface area contributed by atoms with Crippen LogP contribution in [0.4, 0.5) is 9.18 Å². The van der Waals surface area contributed by atoms with Crippen LogP contribution < -0.4 is 5.32 Å². The monoisotopic (exact) mass is 284 g/mol. The van der Waals surface area contributed by atoms with Crippen LogP contribution in [0.3, 0.4) is 0 Å². The maximum absolute atomic E-state index is 12.8. The minimum Gasteiger partial charge on any atom is -0.481 e. The van der Waals surface area contributed by atoms with E-state index < -0.39 is 29.5 Å². The third kappa shape index (κ3) is 5.64. The highest BCUT2D eigenvalue weighted by atomic mass is 19.1. The lowest BCUT2D eigenvalue weighted by atomic mass is 10.1. The standard InChI is InChI=1S/C13H17FN2O4/c1-13(2,3)20-12(19)16-10(6-11(17)18)9-5-4-8(14)7-15-9/h4-5,7,10H,6H2,1-3H3,(H,16,19)(H,17,18)/t10-/m0/s1. The molecular formula is C13H17FN2O4. The highest BCUT2D eigenvalue weighted by Crippen LogP contribution is 2.16. The number of amides is 1. The van der Waals surface area contributed by atoms with Crippen LogP contribution in [-0.4, -0.2) is 27.8 Å². The predicted molar refractivity (Wildman–Crippen MR) is 68.6 cm³/mol. The Kier molecular flexibility index (Phi) is 5.01. The van der Waals surface area contributed by atoms with Gasteiger partial charge >= 0.3 is 12.1 Å². The lowest BCUT2D eigenvalue weighted by Crippen LogP contribution is -2.36. The second-order valence-electron chi connectivity index (χ2n) is 5.20. The summed E-state index contributed by atoms with van der Waals surface area (Å²) in [5.41, 5.74) is -0.451. The molecule has 0 aromatic carbocycles. The summed E-state index contributed by atoms with van der Waals surface area (Å²) in [4.78, 5) is 26.3. The largest absolute Gasteiger partial charge is 0.481 e. The first-order chi connectivity index (χ1) is 9.17. The molecule has 1 atom stereocenters. The van der Waals surface area contributed by atoms with Crippen LogP contribution in [0.2, 0.25) is 0 Å². The van der Waals surface area contributed by atoms with E-state index in [-0.39, 0.29) is 12.1 Å². The number of hydrogen-bond acceptors (Lipinski definition) is 4. The Labute approximate surface area is 116 Å². The Morgan fingerprint density at radius 2 is 2.10 bits per heavy atom. The Morgan fingerprint density at radius 1 is 1.45 bits per heavy atom. The number of aromatic nitrogens is 1. The van der Waals surface area contributed by atoms with E-state index in [0.29, 0.717) is 0 Å². The highest BCUT2D eigenvalue weighted by Gasteiger charge is 2.23. The molecule has 110 valence electrons. The van der Waals surface area contributed by atoms with Gasteiger partial charge in [-0.1, -0.05) is 0 Å². The number of ether oxygens (including phenoxy) is 1. The zero-order valence-corrected chi connectivity index (χ0v) is 11.5. The van der Waals surface area contributed by atoms with E-state index in [9.17, 15) is 14.0 Å². The van der Waals surface area contributed by atoms with Gasteiger partial charge in [-0.05, 0) is 32.9 Å². The number of carboxylic acids is 1. The lowest BCUT2D eigenvalue weighted by Gasteiger charge is -2.22. The molecule has 1 rings (SSSR count). The molecule has 1 heterocycles. The van der Waals surface area contributed by atoms with E-state index in [0.717, 1.165) is 12.3 Å². The summed E-state index contributed by atoms with van der Waals surface area (Å²) in [7, 11) is 0. The molecule has 0 saturated carbocycles. The van der Waals surface area contributed by atoms with Crippen molar-refractivity contribution in [1.29, 1.82) is 0 Å². The molecule has 1 aromatic heterocycles. The van der Waals surface area contributed by atoms with E-state index >= 15 is 0 Å². The van der Waals surface area contributed by atoms with Gasteiger partial charge < -0.3 is 15.2 Å². The SMILES string of the molecule is CC(C)(C)OC(=O)N[C@@H](CC(=O)O)c1ccc(F)cn1. The number of nitrogens with one attached hydrogen (secondary N) is 1. The zero-order chi connectivity index (χ0) is 15.3. The lowest BCUT2D eigenvalue weighted by molar-refractivity contribution is -0.137. The molecule has 1 aromatic rings. The number of nitrogens with zero attached hydrogens (tertiary/aromatic N) is 1. The molecule has 0 saturated heterocycles. The van der Waals surface area contributed by atoms with Crippen molar-refractivity contribution in [2.24, 2.45) is 0 Å². The van der Waals surface area contributed by atoms with Crippen molar-refractivity contribution in [3.8, 4) is 0 Å². The summed E-state index contributed by atoms with van der Waals surface area (Å²) < 4.78 is 17.9. The highest BCUT2D eigenvalue weighted by molar-refractivity contribution is 5.72. The van der Waals surface area contributed by atoms with Gasteiger partial charge in [-0.2, -0.15) is 0 Å². The summed E-state index contributed by atoms with van der Waals surface area (Å²) in [6.07, 6.45) is -0.173. The molecule has 1 amide bonds. The third-order valence-electron chi connectivity index (χ3n) is 2.18. The van der Waals surface area contributed by atoms with Crippen LogP contribution in [0.1, 0.15) is 38.9 Å². The Morgan fingerprint density at radius 3 is 2.55 bits per heavy atom. The number of pyridine rings is 1. The smallest absolute Gasteiger partial charge is 0.408 e. The Hall–Kier alpha value is -2.18. The van der Waals surface area contributed by atoms with Gasteiger partial charge in [-0.15, -0.1) is 0 Å². The molecule has 0 spiro atoms. The number of hydrogen-bond donors (Lipinski definition) is 2. The molecule has 0 unspecified atom stereocenters. The number of carbonyl (C=O) groups is 2. The van der Waals surface area contributed by atoms with Gasteiger partial charge in [0, 0.05) is 0 Å². The van der Waals surface area contributed by atoms with Gasteiger partial charge in [-0.3, -0.25) is 9.78 Å². The van der Waals surface area contributed by atoms with Crippen molar-refractivity contribution < 1.29 is 23.8 Å². The zero-order valence-electron chi connectivity index (χ0n) is 11.5. The Balaban J connectivity index is 2.82. The predicted octanol–water partition coefficient (Wildman–Crippen LogP) is 2.26. The van der Waals surface area contributed by atoms with Crippen molar-refractivity contribution in [1.82, 2.24) is 10.3 Å². The minimum absolute atomic E-state index is 0.250. The van der Waals surface area contributed by atoms with Crippen LogP contribution in [0.5, 0.6) is 0 Å². The average Bonchev–Trinajstić information content (AvgIpc) is 2.25. The summed E-state index contributed by atoms with van der Waals surface area (Å²) in [6.45, 7) is 5.07.